The molecule has 0 aliphatic heterocycles. The molecule has 2 heterocycles. The van der Waals surface area contributed by atoms with Gasteiger partial charge in [0.25, 0.3) is 5.69 Å². The van der Waals surface area contributed by atoms with Crippen molar-refractivity contribution in [3.63, 3.8) is 0 Å². The monoisotopic (exact) mass is 289 g/mol. The van der Waals surface area contributed by atoms with Crippen LogP contribution in [0.1, 0.15) is 30.0 Å². The summed E-state index contributed by atoms with van der Waals surface area (Å²) in [5.74, 6) is -0.537. The summed E-state index contributed by atoms with van der Waals surface area (Å²) in [6.45, 7) is 3.85. The third-order valence-corrected chi connectivity index (χ3v) is 3.02. The molecule has 2 aromatic rings. The second-order valence-electron chi connectivity index (χ2n) is 4.31. The first-order chi connectivity index (χ1) is 10.1. The smallest absolute Gasteiger partial charge is 0.355 e. The van der Waals surface area contributed by atoms with E-state index in [1.807, 2.05) is 6.92 Å². The molecule has 7 heteroatoms. The lowest BCUT2D eigenvalue weighted by molar-refractivity contribution is -0.384. The second-order valence-corrected chi connectivity index (χ2v) is 4.31. The van der Waals surface area contributed by atoms with Crippen LogP contribution in [0.25, 0.3) is 11.1 Å². The fourth-order valence-corrected chi connectivity index (χ4v) is 2.03. The number of carbonyl (C=O) groups excluding carboxylic acids is 1. The Hall–Kier alpha value is -2.70. The number of aryl methyl sites for hydroxylation is 1. The lowest BCUT2D eigenvalue weighted by Gasteiger charge is -2.04. The van der Waals surface area contributed by atoms with Crippen molar-refractivity contribution < 1.29 is 14.5 Å². The maximum atomic E-state index is 12.0. The van der Waals surface area contributed by atoms with E-state index in [1.54, 1.807) is 13.0 Å². The van der Waals surface area contributed by atoms with E-state index in [1.165, 1.54) is 18.5 Å². The zero-order valence-electron chi connectivity index (χ0n) is 11.8. The molecule has 2 rings (SSSR count). The van der Waals surface area contributed by atoms with Gasteiger partial charge < -0.3 is 9.72 Å². The third kappa shape index (κ3) is 2.91. The molecule has 1 N–H and O–H groups in total. The minimum Gasteiger partial charge on any atom is -0.461 e. The van der Waals surface area contributed by atoms with E-state index in [-0.39, 0.29) is 18.0 Å². The molecule has 0 aliphatic carbocycles. The molecule has 0 saturated carbocycles. The number of hydrogen-bond donors (Lipinski definition) is 1. The van der Waals surface area contributed by atoms with Gasteiger partial charge in [-0.25, -0.2) is 4.79 Å². The average Bonchev–Trinajstić information content (AvgIpc) is 2.91. The molecule has 110 valence electrons. The third-order valence-electron chi connectivity index (χ3n) is 3.02. The molecule has 0 aromatic carbocycles. The molecular formula is C14H15N3O4. The number of carbonyl (C=O) groups is 1. The van der Waals surface area contributed by atoms with Gasteiger partial charge in [-0.15, -0.1) is 0 Å². The van der Waals surface area contributed by atoms with Crippen molar-refractivity contribution in [3.8, 4) is 11.1 Å². The fraction of sp³-hybridized carbons (Fsp3) is 0.286. The van der Waals surface area contributed by atoms with Crippen LogP contribution in [-0.4, -0.2) is 27.5 Å². The molecule has 0 unspecified atom stereocenters. The zero-order chi connectivity index (χ0) is 15.4. The van der Waals surface area contributed by atoms with Crippen molar-refractivity contribution in [2.75, 3.05) is 6.61 Å². The van der Waals surface area contributed by atoms with Crippen LogP contribution < -0.4 is 0 Å². The highest BCUT2D eigenvalue weighted by atomic mass is 16.6. The van der Waals surface area contributed by atoms with Crippen LogP contribution in [0.5, 0.6) is 0 Å². The Bertz CT molecular complexity index is 679. The number of nitrogens with one attached hydrogen (secondary N) is 1. The molecule has 0 spiro atoms. The van der Waals surface area contributed by atoms with Crippen LogP contribution in [0.2, 0.25) is 0 Å². The largest absolute Gasteiger partial charge is 0.461 e. The van der Waals surface area contributed by atoms with Gasteiger partial charge in [0.1, 0.15) is 5.69 Å². The Balaban J connectivity index is 2.60. The van der Waals surface area contributed by atoms with Crippen molar-refractivity contribution in [1.29, 1.82) is 0 Å². The number of aromatic nitrogens is 2. The van der Waals surface area contributed by atoms with Crippen LogP contribution in [0.15, 0.2) is 24.5 Å². The summed E-state index contributed by atoms with van der Waals surface area (Å²) in [5, 5.41) is 11.1. The number of pyridine rings is 1. The van der Waals surface area contributed by atoms with Gasteiger partial charge in [-0.2, -0.15) is 0 Å². The number of nitrogens with zero attached hydrogens (tertiary/aromatic N) is 2. The summed E-state index contributed by atoms with van der Waals surface area (Å²) in [6, 6.07) is 3.03. The van der Waals surface area contributed by atoms with E-state index in [4.69, 9.17) is 4.74 Å². The SMILES string of the molecule is CCOC(=O)c1[nH]c(CC)cc1-c1cnccc1[N+](=O)[O-]. The van der Waals surface area contributed by atoms with E-state index in [0.717, 1.165) is 5.69 Å². The summed E-state index contributed by atoms with van der Waals surface area (Å²) in [4.78, 5) is 29.5. The summed E-state index contributed by atoms with van der Waals surface area (Å²) >= 11 is 0. The van der Waals surface area contributed by atoms with Crippen molar-refractivity contribution in [2.24, 2.45) is 0 Å². The minimum absolute atomic E-state index is 0.0998. The molecule has 0 amide bonds. The fourth-order valence-electron chi connectivity index (χ4n) is 2.03. The number of esters is 1. The van der Waals surface area contributed by atoms with E-state index >= 15 is 0 Å². The molecule has 0 aliphatic rings. The van der Waals surface area contributed by atoms with Gasteiger partial charge in [0.05, 0.1) is 17.1 Å². The summed E-state index contributed by atoms with van der Waals surface area (Å²) in [5.41, 5.74) is 1.64. The van der Waals surface area contributed by atoms with Crippen LogP contribution >= 0.6 is 0 Å². The predicted molar refractivity (Wildman–Crippen MR) is 76.0 cm³/mol. The van der Waals surface area contributed by atoms with Crippen molar-refractivity contribution in [2.45, 2.75) is 20.3 Å². The van der Waals surface area contributed by atoms with Gasteiger partial charge in [-0.3, -0.25) is 15.1 Å². The average molecular weight is 289 g/mol. The number of rotatable bonds is 5. The van der Waals surface area contributed by atoms with Crippen LogP contribution in [0.3, 0.4) is 0 Å². The molecular weight excluding hydrogens is 274 g/mol. The van der Waals surface area contributed by atoms with Gasteiger partial charge in [0.2, 0.25) is 0 Å². The number of nitro groups is 1. The highest BCUT2D eigenvalue weighted by Crippen LogP contribution is 2.32. The molecule has 0 fully saturated rings. The first kappa shape index (κ1) is 14.7. The molecule has 0 atom stereocenters. The maximum Gasteiger partial charge on any atom is 0.355 e. The first-order valence-corrected chi connectivity index (χ1v) is 6.56. The van der Waals surface area contributed by atoms with Crippen molar-refractivity contribution in [1.82, 2.24) is 9.97 Å². The molecule has 0 bridgehead atoms. The van der Waals surface area contributed by atoms with E-state index in [9.17, 15) is 14.9 Å². The van der Waals surface area contributed by atoms with Gasteiger partial charge in [-0.1, -0.05) is 6.92 Å². The molecule has 7 nitrogen and oxygen atoms in total. The number of hydrogen-bond acceptors (Lipinski definition) is 5. The summed E-state index contributed by atoms with van der Waals surface area (Å²) < 4.78 is 4.99. The quantitative estimate of drug-likeness (QED) is 0.518. The zero-order valence-corrected chi connectivity index (χ0v) is 11.8. The highest BCUT2D eigenvalue weighted by molar-refractivity contribution is 5.97. The summed E-state index contributed by atoms with van der Waals surface area (Å²) in [7, 11) is 0. The minimum atomic E-state index is -0.537. The van der Waals surface area contributed by atoms with Gasteiger partial charge in [-0.05, 0) is 19.4 Å². The van der Waals surface area contributed by atoms with E-state index < -0.39 is 10.9 Å². The Morgan fingerprint density at radius 3 is 2.81 bits per heavy atom. The lowest BCUT2D eigenvalue weighted by atomic mass is 10.1. The number of H-pyrrole nitrogens is 1. The van der Waals surface area contributed by atoms with E-state index in [2.05, 4.69) is 9.97 Å². The Labute approximate surface area is 121 Å². The van der Waals surface area contributed by atoms with Crippen LogP contribution in [0.4, 0.5) is 5.69 Å². The van der Waals surface area contributed by atoms with Crippen molar-refractivity contribution in [3.05, 3.63) is 46.0 Å². The van der Waals surface area contributed by atoms with Gasteiger partial charge >= 0.3 is 5.97 Å². The predicted octanol–water partition coefficient (Wildman–Crippen LogP) is 2.72. The van der Waals surface area contributed by atoms with Gasteiger partial charge in [0.15, 0.2) is 0 Å². The molecule has 0 saturated heterocycles. The topological polar surface area (TPSA) is 98.1 Å². The number of aromatic amines is 1. The number of ether oxygens (including phenoxy) is 1. The van der Waals surface area contributed by atoms with Crippen LogP contribution in [-0.2, 0) is 11.2 Å². The highest BCUT2D eigenvalue weighted by Gasteiger charge is 2.23. The molecule has 21 heavy (non-hydrogen) atoms. The standard InChI is InChI=1S/C14H15N3O4/c1-3-9-7-10(13(16-9)14(18)21-4-2)11-8-15-6-5-12(11)17(19)20/h5-8,16H,3-4H2,1-2H3. The first-order valence-electron chi connectivity index (χ1n) is 6.56. The second kappa shape index (κ2) is 6.17. The normalized spacial score (nSPS) is 10.4. The van der Waals surface area contributed by atoms with E-state index in [0.29, 0.717) is 17.5 Å². The maximum absolute atomic E-state index is 12.0. The van der Waals surface area contributed by atoms with Crippen molar-refractivity contribution >= 4 is 11.7 Å². The van der Waals surface area contributed by atoms with Gasteiger partial charge in [0, 0.05) is 29.7 Å². The molecule has 2 aromatic heterocycles. The Morgan fingerprint density at radius 1 is 1.43 bits per heavy atom. The Morgan fingerprint density at radius 2 is 2.19 bits per heavy atom. The summed E-state index contributed by atoms with van der Waals surface area (Å²) in [6.07, 6.45) is 3.39. The van der Waals surface area contributed by atoms with Crippen LogP contribution in [0, 0.1) is 10.1 Å². The Kier molecular flexibility index (Phi) is 4.32. The molecule has 0 radical (unpaired) electrons. The lowest BCUT2D eigenvalue weighted by Crippen LogP contribution is -2.07.